The lowest BCUT2D eigenvalue weighted by Crippen LogP contribution is -2.08. The molecule has 6 heteroatoms. The zero-order valence-electron chi connectivity index (χ0n) is 12.5. The molecule has 0 aliphatic rings. The predicted octanol–water partition coefficient (Wildman–Crippen LogP) is 2.58. The van der Waals surface area contributed by atoms with Gasteiger partial charge in [0.15, 0.2) is 0 Å². The Morgan fingerprint density at radius 3 is 2.71 bits per heavy atom. The van der Waals surface area contributed by atoms with Crippen molar-refractivity contribution in [1.29, 1.82) is 0 Å². The zero-order valence-corrected chi connectivity index (χ0v) is 14.1. The lowest BCUT2D eigenvalue weighted by molar-refractivity contribution is 0.289. The number of hydrogen-bond donors (Lipinski definition) is 1. The van der Waals surface area contributed by atoms with Crippen LogP contribution in [0.5, 0.6) is 11.5 Å². The van der Waals surface area contributed by atoms with Crippen molar-refractivity contribution < 1.29 is 9.47 Å². The summed E-state index contributed by atoms with van der Waals surface area (Å²) in [7, 11) is 3.55. The van der Waals surface area contributed by atoms with E-state index in [-0.39, 0.29) is 0 Å². The van der Waals surface area contributed by atoms with E-state index in [1.165, 1.54) is 0 Å². The molecule has 21 heavy (non-hydrogen) atoms. The lowest BCUT2D eigenvalue weighted by atomic mass is 10.1. The van der Waals surface area contributed by atoms with E-state index in [0.717, 1.165) is 39.3 Å². The molecule has 0 fully saturated rings. The molecule has 0 bridgehead atoms. The highest BCUT2D eigenvalue weighted by atomic mass is 79.9. The van der Waals surface area contributed by atoms with Gasteiger partial charge in [0.25, 0.3) is 0 Å². The van der Waals surface area contributed by atoms with E-state index in [2.05, 4.69) is 21.0 Å². The highest BCUT2D eigenvalue weighted by molar-refractivity contribution is 9.10. The van der Waals surface area contributed by atoms with Gasteiger partial charge in [0.1, 0.15) is 18.1 Å². The summed E-state index contributed by atoms with van der Waals surface area (Å²) in [5, 5.41) is 4.36. The molecule has 2 aromatic rings. The van der Waals surface area contributed by atoms with Gasteiger partial charge in [-0.1, -0.05) is 6.07 Å². The zero-order chi connectivity index (χ0) is 15.4. The standard InChI is InChI=1S/C15H20BrN3O2/c1-10-15(16)13(19(2)18-10)9-21-14-8-12(20-3)5-4-11(14)6-7-17/h4-5,8H,6-7,9,17H2,1-3H3. The fourth-order valence-corrected chi connectivity index (χ4v) is 2.59. The maximum Gasteiger partial charge on any atom is 0.131 e. The van der Waals surface area contributed by atoms with Crippen LogP contribution in [0.3, 0.4) is 0 Å². The molecule has 0 radical (unpaired) electrons. The molecule has 0 unspecified atom stereocenters. The Morgan fingerprint density at radius 2 is 2.14 bits per heavy atom. The first kappa shape index (κ1) is 15.9. The van der Waals surface area contributed by atoms with E-state index in [4.69, 9.17) is 15.2 Å². The summed E-state index contributed by atoms with van der Waals surface area (Å²) in [6, 6.07) is 5.80. The highest BCUT2D eigenvalue weighted by Gasteiger charge is 2.12. The van der Waals surface area contributed by atoms with Crippen LogP contribution in [-0.2, 0) is 20.1 Å². The molecule has 0 saturated carbocycles. The van der Waals surface area contributed by atoms with E-state index in [0.29, 0.717) is 13.2 Å². The molecule has 1 heterocycles. The normalized spacial score (nSPS) is 10.7. The van der Waals surface area contributed by atoms with Gasteiger partial charge in [0.2, 0.25) is 0 Å². The molecule has 0 spiro atoms. The van der Waals surface area contributed by atoms with Crippen LogP contribution in [0.2, 0.25) is 0 Å². The molecule has 0 amide bonds. The Kier molecular flexibility index (Phi) is 5.25. The van der Waals surface area contributed by atoms with Crippen molar-refractivity contribution in [3.63, 3.8) is 0 Å². The van der Waals surface area contributed by atoms with Crippen molar-refractivity contribution in [3.05, 3.63) is 39.6 Å². The summed E-state index contributed by atoms with van der Waals surface area (Å²) in [6.45, 7) is 2.97. The minimum absolute atomic E-state index is 0.433. The number of halogens is 1. The van der Waals surface area contributed by atoms with Crippen molar-refractivity contribution in [2.75, 3.05) is 13.7 Å². The minimum atomic E-state index is 0.433. The number of methoxy groups -OCH3 is 1. The Balaban J connectivity index is 2.21. The average Bonchev–Trinajstić information content (AvgIpc) is 2.71. The molecule has 5 nitrogen and oxygen atoms in total. The fourth-order valence-electron chi connectivity index (χ4n) is 2.14. The molecule has 2 N–H and O–H groups in total. The first-order valence-corrected chi connectivity index (χ1v) is 7.53. The van der Waals surface area contributed by atoms with Crippen molar-refractivity contribution >= 4 is 15.9 Å². The number of nitrogens with zero attached hydrogens (tertiary/aromatic N) is 2. The van der Waals surface area contributed by atoms with E-state index < -0.39 is 0 Å². The van der Waals surface area contributed by atoms with Gasteiger partial charge < -0.3 is 15.2 Å². The number of hydrogen-bond acceptors (Lipinski definition) is 4. The maximum atomic E-state index is 5.97. The summed E-state index contributed by atoms with van der Waals surface area (Å²) in [4.78, 5) is 0. The van der Waals surface area contributed by atoms with Gasteiger partial charge in [-0.25, -0.2) is 0 Å². The van der Waals surface area contributed by atoms with Crippen LogP contribution in [0.15, 0.2) is 22.7 Å². The topological polar surface area (TPSA) is 62.3 Å². The molecule has 0 aliphatic carbocycles. The molecule has 0 aliphatic heterocycles. The first-order chi connectivity index (χ1) is 10.1. The monoisotopic (exact) mass is 353 g/mol. The fraction of sp³-hybridized carbons (Fsp3) is 0.400. The smallest absolute Gasteiger partial charge is 0.131 e. The SMILES string of the molecule is COc1ccc(CCN)c(OCc2c(Br)c(C)nn2C)c1. The van der Waals surface area contributed by atoms with Gasteiger partial charge in [-0.15, -0.1) is 0 Å². The second kappa shape index (κ2) is 6.95. The van der Waals surface area contributed by atoms with Crippen LogP contribution < -0.4 is 15.2 Å². The molecule has 1 aromatic heterocycles. The van der Waals surface area contributed by atoms with Gasteiger partial charge in [-0.3, -0.25) is 4.68 Å². The van der Waals surface area contributed by atoms with E-state index >= 15 is 0 Å². The molecule has 0 saturated heterocycles. The van der Waals surface area contributed by atoms with Crippen molar-refractivity contribution in [2.45, 2.75) is 20.0 Å². The van der Waals surface area contributed by atoms with Crippen LogP contribution in [0.1, 0.15) is 17.0 Å². The number of aromatic nitrogens is 2. The Bertz CT molecular complexity index is 626. The molecule has 0 atom stereocenters. The number of nitrogens with two attached hydrogens (primary N) is 1. The third kappa shape index (κ3) is 3.57. The average molecular weight is 354 g/mol. The minimum Gasteiger partial charge on any atom is -0.497 e. The number of benzene rings is 1. The van der Waals surface area contributed by atoms with Crippen LogP contribution in [-0.4, -0.2) is 23.4 Å². The summed E-state index contributed by atoms with van der Waals surface area (Å²) in [5.41, 5.74) is 8.67. The highest BCUT2D eigenvalue weighted by Crippen LogP contribution is 2.27. The summed E-state index contributed by atoms with van der Waals surface area (Å²) in [6.07, 6.45) is 0.769. The third-order valence-corrected chi connectivity index (χ3v) is 4.35. The van der Waals surface area contributed by atoms with E-state index in [1.807, 2.05) is 36.9 Å². The van der Waals surface area contributed by atoms with Gasteiger partial charge in [-0.2, -0.15) is 5.10 Å². The van der Waals surface area contributed by atoms with Gasteiger partial charge in [0.05, 0.1) is 23.0 Å². The Hall–Kier alpha value is -1.53. The second-order valence-corrected chi connectivity index (χ2v) is 5.56. The molecule has 2 rings (SSSR count). The number of ether oxygens (including phenoxy) is 2. The second-order valence-electron chi connectivity index (χ2n) is 4.77. The maximum absolute atomic E-state index is 5.97. The number of aryl methyl sites for hydroxylation is 2. The van der Waals surface area contributed by atoms with Crippen LogP contribution >= 0.6 is 15.9 Å². The summed E-state index contributed by atoms with van der Waals surface area (Å²) >= 11 is 3.54. The number of rotatable bonds is 6. The first-order valence-electron chi connectivity index (χ1n) is 6.74. The molecule has 114 valence electrons. The van der Waals surface area contributed by atoms with Gasteiger partial charge >= 0.3 is 0 Å². The van der Waals surface area contributed by atoms with Crippen molar-refractivity contribution in [2.24, 2.45) is 12.8 Å². The summed E-state index contributed by atoms with van der Waals surface area (Å²) < 4.78 is 14.0. The Labute approximate surface area is 133 Å². The van der Waals surface area contributed by atoms with E-state index in [1.54, 1.807) is 7.11 Å². The van der Waals surface area contributed by atoms with Gasteiger partial charge in [-0.05, 0) is 47.4 Å². The predicted molar refractivity (Wildman–Crippen MR) is 85.7 cm³/mol. The molecular weight excluding hydrogens is 334 g/mol. The van der Waals surface area contributed by atoms with Gasteiger partial charge in [0, 0.05) is 13.1 Å². The lowest BCUT2D eigenvalue weighted by Gasteiger charge is -2.13. The van der Waals surface area contributed by atoms with Crippen LogP contribution in [0, 0.1) is 6.92 Å². The Morgan fingerprint density at radius 1 is 1.38 bits per heavy atom. The largest absolute Gasteiger partial charge is 0.497 e. The van der Waals surface area contributed by atoms with Crippen LogP contribution in [0.25, 0.3) is 0 Å². The molecule has 1 aromatic carbocycles. The third-order valence-electron chi connectivity index (χ3n) is 3.31. The van der Waals surface area contributed by atoms with E-state index in [9.17, 15) is 0 Å². The van der Waals surface area contributed by atoms with Crippen molar-refractivity contribution in [3.8, 4) is 11.5 Å². The quantitative estimate of drug-likeness (QED) is 0.866. The summed E-state index contributed by atoms with van der Waals surface area (Å²) in [5.74, 6) is 1.57. The van der Waals surface area contributed by atoms with Crippen LogP contribution in [0.4, 0.5) is 0 Å². The molecular formula is C15H20BrN3O2. The van der Waals surface area contributed by atoms with Crippen molar-refractivity contribution in [1.82, 2.24) is 9.78 Å².